The summed E-state index contributed by atoms with van der Waals surface area (Å²) >= 11 is 6.44. The van der Waals surface area contributed by atoms with Gasteiger partial charge in [0.15, 0.2) is 0 Å². The fourth-order valence-electron chi connectivity index (χ4n) is 4.17. The predicted molar refractivity (Wildman–Crippen MR) is 123 cm³/mol. The van der Waals surface area contributed by atoms with Gasteiger partial charge in [0.2, 0.25) is 0 Å². The van der Waals surface area contributed by atoms with E-state index in [1.807, 2.05) is 30.3 Å². The highest BCUT2D eigenvalue weighted by Gasteiger charge is 2.44. The molecule has 2 saturated heterocycles. The third kappa shape index (κ3) is 5.89. The maximum absolute atomic E-state index is 11.2. The topological polar surface area (TPSA) is 115 Å². The second-order valence-corrected chi connectivity index (χ2v) is 9.05. The lowest BCUT2D eigenvalue weighted by atomic mass is 9.90. The quantitative estimate of drug-likeness (QED) is 0.504. The predicted octanol–water partition coefficient (Wildman–Crippen LogP) is 2.18. The highest BCUT2D eigenvalue weighted by atomic mass is 35.5. The van der Waals surface area contributed by atoms with E-state index < -0.39 is 36.5 Å². The molecule has 2 heterocycles. The highest BCUT2D eigenvalue weighted by molar-refractivity contribution is 6.31. The molecule has 2 aromatic carbocycles. The summed E-state index contributed by atoms with van der Waals surface area (Å²) in [5.74, 6) is 0.249. The number of hydrogen-bond donors (Lipinski definition) is 3. The minimum Gasteiger partial charge on any atom is -0.488 e. The summed E-state index contributed by atoms with van der Waals surface area (Å²) in [5, 5.41) is 31.7. The van der Waals surface area contributed by atoms with Gasteiger partial charge in [0.05, 0.1) is 13.2 Å². The van der Waals surface area contributed by atoms with Crippen LogP contribution in [-0.4, -0.2) is 71.6 Å². The van der Waals surface area contributed by atoms with Gasteiger partial charge in [0, 0.05) is 18.4 Å². The van der Waals surface area contributed by atoms with Gasteiger partial charge in [-0.15, -0.1) is 0 Å². The van der Waals surface area contributed by atoms with Gasteiger partial charge in [0.1, 0.15) is 49.0 Å². The summed E-state index contributed by atoms with van der Waals surface area (Å²) in [6.45, 7) is 2.33. The molecule has 0 radical (unpaired) electrons. The van der Waals surface area contributed by atoms with Crippen molar-refractivity contribution in [2.24, 2.45) is 0 Å². The number of carbonyl (C=O) groups is 1. The first-order valence-electron chi connectivity index (χ1n) is 11.3. The normalized spacial score (nSPS) is 29.1. The van der Waals surface area contributed by atoms with Crippen molar-refractivity contribution in [2.75, 3.05) is 19.8 Å². The molecule has 0 bridgehead atoms. The summed E-state index contributed by atoms with van der Waals surface area (Å²) in [6.07, 6.45) is -4.64. The minimum absolute atomic E-state index is 0.0810. The third-order valence-corrected chi connectivity index (χ3v) is 6.44. The molecular weight excluding hydrogens is 464 g/mol. The molecule has 0 aromatic heterocycles. The van der Waals surface area contributed by atoms with Gasteiger partial charge in [-0.25, -0.2) is 0 Å². The van der Waals surface area contributed by atoms with E-state index in [1.54, 1.807) is 12.1 Å². The van der Waals surface area contributed by atoms with Crippen LogP contribution in [0.3, 0.4) is 0 Å². The van der Waals surface area contributed by atoms with Crippen LogP contribution in [0, 0.1) is 0 Å². The molecule has 2 aliphatic rings. The van der Waals surface area contributed by atoms with Crippen LogP contribution in [0.15, 0.2) is 42.5 Å². The zero-order valence-electron chi connectivity index (χ0n) is 18.8. The Labute approximate surface area is 203 Å². The van der Waals surface area contributed by atoms with Crippen molar-refractivity contribution in [3.8, 4) is 5.75 Å². The van der Waals surface area contributed by atoms with E-state index in [-0.39, 0.29) is 12.7 Å². The fourth-order valence-corrected chi connectivity index (χ4v) is 4.36. The molecule has 0 amide bonds. The number of halogens is 1. The van der Waals surface area contributed by atoms with Crippen molar-refractivity contribution >= 4 is 17.6 Å². The molecule has 184 valence electrons. The Hall–Kier alpha value is -2.20. The Morgan fingerprint density at radius 3 is 2.53 bits per heavy atom. The maximum Gasteiger partial charge on any atom is 0.302 e. The second-order valence-electron chi connectivity index (χ2n) is 8.64. The summed E-state index contributed by atoms with van der Waals surface area (Å²) in [7, 11) is 0. The van der Waals surface area contributed by atoms with E-state index >= 15 is 0 Å². The van der Waals surface area contributed by atoms with Gasteiger partial charge < -0.3 is 34.3 Å². The van der Waals surface area contributed by atoms with Crippen LogP contribution in [0.2, 0.25) is 5.02 Å². The monoisotopic (exact) mass is 492 g/mol. The first-order chi connectivity index (χ1) is 16.3. The molecule has 2 aromatic rings. The van der Waals surface area contributed by atoms with Gasteiger partial charge >= 0.3 is 5.97 Å². The minimum atomic E-state index is -1.46. The van der Waals surface area contributed by atoms with Crippen molar-refractivity contribution in [1.82, 2.24) is 0 Å². The Morgan fingerprint density at radius 1 is 1.09 bits per heavy atom. The van der Waals surface area contributed by atoms with Gasteiger partial charge in [-0.05, 0) is 41.3 Å². The van der Waals surface area contributed by atoms with E-state index in [0.29, 0.717) is 23.6 Å². The molecular formula is C25H29ClO8. The van der Waals surface area contributed by atoms with Gasteiger partial charge in [-0.3, -0.25) is 4.79 Å². The lowest BCUT2D eigenvalue weighted by molar-refractivity contribution is -0.234. The second kappa shape index (κ2) is 11.0. The molecule has 4 rings (SSSR count). The van der Waals surface area contributed by atoms with Crippen LogP contribution in [0.4, 0.5) is 0 Å². The number of ether oxygens (including phenoxy) is 4. The van der Waals surface area contributed by atoms with Crippen LogP contribution >= 0.6 is 11.6 Å². The van der Waals surface area contributed by atoms with E-state index in [1.165, 1.54) is 6.92 Å². The standard InChI is InChI=1S/C25H29ClO8/c1-14(27)32-13-21-22(28)23(29)24(30)25(34-21)16-4-7-20(26)17(11-16)10-15-2-5-18(6-3-15)33-19-8-9-31-12-19/h2-7,11,19,21-25,28-30H,8-10,12-13H2,1H3/t19-,21+,22+,23-,24+,25+/m0/s1. The van der Waals surface area contributed by atoms with Gasteiger partial charge in [0.25, 0.3) is 0 Å². The molecule has 3 N–H and O–H groups in total. The van der Waals surface area contributed by atoms with Crippen LogP contribution in [0.5, 0.6) is 5.75 Å². The third-order valence-electron chi connectivity index (χ3n) is 6.07. The molecule has 34 heavy (non-hydrogen) atoms. The Bertz CT molecular complexity index is 975. The van der Waals surface area contributed by atoms with Crippen molar-refractivity contribution < 1.29 is 39.1 Å². The van der Waals surface area contributed by atoms with Crippen LogP contribution in [0.1, 0.15) is 36.1 Å². The van der Waals surface area contributed by atoms with Crippen molar-refractivity contribution in [2.45, 2.75) is 56.4 Å². The summed E-state index contributed by atoms with van der Waals surface area (Å²) in [5.41, 5.74) is 2.42. The molecule has 2 fully saturated rings. The van der Waals surface area contributed by atoms with Crippen molar-refractivity contribution in [3.05, 3.63) is 64.2 Å². The fraction of sp³-hybridized carbons (Fsp3) is 0.480. The number of esters is 1. The number of hydrogen-bond acceptors (Lipinski definition) is 8. The molecule has 0 saturated carbocycles. The number of carbonyl (C=O) groups excluding carboxylic acids is 1. The van der Waals surface area contributed by atoms with Gasteiger partial charge in [-0.1, -0.05) is 35.9 Å². The van der Waals surface area contributed by atoms with Crippen LogP contribution < -0.4 is 4.74 Å². The number of aliphatic hydroxyl groups is 3. The molecule has 0 spiro atoms. The highest BCUT2D eigenvalue weighted by Crippen LogP contribution is 2.34. The molecule has 0 unspecified atom stereocenters. The SMILES string of the molecule is CC(=O)OC[C@H]1O[C@H](c2ccc(Cl)c(Cc3ccc(O[C@H]4CCOC4)cc3)c2)[C@H](O)[C@@H](O)[C@@H]1O. The van der Waals surface area contributed by atoms with E-state index in [2.05, 4.69) is 0 Å². The van der Waals surface area contributed by atoms with Crippen molar-refractivity contribution in [3.63, 3.8) is 0 Å². The largest absolute Gasteiger partial charge is 0.488 e. The van der Waals surface area contributed by atoms with E-state index in [0.717, 1.165) is 29.9 Å². The average Bonchev–Trinajstić information content (AvgIpc) is 3.33. The van der Waals surface area contributed by atoms with Crippen LogP contribution in [-0.2, 0) is 25.4 Å². The lowest BCUT2D eigenvalue weighted by Gasteiger charge is -2.40. The number of aliphatic hydroxyl groups excluding tert-OH is 3. The number of benzene rings is 2. The Kier molecular flexibility index (Phi) is 8.08. The zero-order chi connectivity index (χ0) is 24.2. The average molecular weight is 493 g/mol. The summed E-state index contributed by atoms with van der Waals surface area (Å²) in [6, 6.07) is 13.0. The summed E-state index contributed by atoms with van der Waals surface area (Å²) < 4.78 is 22.0. The Morgan fingerprint density at radius 2 is 1.85 bits per heavy atom. The molecule has 9 heteroatoms. The first kappa shape index (κ1) is 24.9. The van der Waals surface area contributed by atoms with E-state index in [4.69, 9.17) is 30.5 Å². The van der Waals surface area contributed by atoms with Crippen molar-refractivity contribution in [1.29, 1.82) is 0 Å². The summed E-state index contributed by atoms with van der Waals surface area (Å²) in [4.78, 5) is 11.2. The lowest BCUT2D eigenvalue weighted by Crippen LogP contribution is -2.55. The smallest absolute Gasteiger partial charge is 0.302 e. The zero-order valence-corrected chi connectivity index (χ0v) is 19.6. The maximum atomic E-state index is 11.2. The van der Waals surface area contributed by atoms with Gasteiger partial charge in [-0.2, -0.15) is 0 Å². The Balaban J connectivity index is 1.48. The first-order valence-corrected chi connectivity index (χ1v) is 11.6. The van der Waals surface area contributed by atoms with Crippen LogP contribution in [0.25, 0.3) is 0 Å². The molecule has 2 aliphatic heterocycles. The molecule has 6 atom stereocenters. The van der Waals surface area contributed by atoms with E-state index in [9.17, 15) is 20.1 Å². The molecule has 0 aliphatic carbocycles. The number of rotatable bonds is 7. The molecule has 8 nitrogen and oxygen atoms in total.